The van der Waals surface area contributed by atoms with Crippen LogP contribution in [0.2, 0.25) is 0 Å². The van der Waals surface area contributed by atoms with Gasteiger partial charge in [-0.2, -0.15) is 5.10 Å². The summed E-state index contributed by atoms with van der Waals surface area (Å²) in [6, 6.07) is 10.0. The molecule has 15 heavy (non-hydrogen) atoms. The number of nitrogens with zero attached hydrogens (tertiary/aromatic N) is 2. The van der Waals surface area contributed by atoms with Crippen molar-refractivity contribution in [3.05, 3.63) is 36.5 Å². The van der Waals surface area contributed by atoms with E-state index in [0.29, 0.717) is 0 Å². The van der Waals surface area contributed by atoms with Gasteiger partial charge in [-0.1, -0.05) is 12.1 Å². The molecule has 0 fully saturated rings. The highest BCUT2D eigenvalue weighted by atomic mass is 35.5. The Morgan fingerprint density at radius 3 is 2.73 bits per heavy atom. The number of aromatic nitrogens is 3. The van der Waals surface area contributed by atoms with Crippen molar-refractivity contribution in [1.82, 2.24) is 15.2 Å². The van der Waals surface area contributed by atoms with E-state index in [-0.39, 0.29) is 12.4 Å². The summed E-state index contributed by atoms with van der Waals surface area (Å²) in [6.07, 6.45) is 1.74. The predicted molar refractivity (Wildman–Crippen MR) is 64.4 cm³/mol. The molecule has 0 unspecified atom stereocenters. The number of thiazole rings is 1. The topological polar surface area (TPSA) is 41.6 Å². The van der Waals surface area contributed by atoms with Gasteiger partial charge in [-0.3, -0.25) is 5.10 Å². The van der Waals surface area contributed by atoms with Crippen LogP contribution >= 0.6 is 23.7 Å². The van der Waals surface area contributed by atoms with E-state index in [1.54, 1.807) is 17.5 Å². The van der Waals surface area contributed by atoms with Gasteiger partial charge in [0.25, 0.3) is 0 Å². The lowest BCUT2D eigenvalue weighted by Crippen LogP contribution is -1.74. The molecule has 1 aromatic carbocycles. The SMILES string of the molecule is Cl.c1ccc2sc(-c3ccn[nH]3)nc2c1. The largest absolute Gasteiger partial charge is 0.275 e. The van der Waals surface area contributed by atoms with Crippen molar-refractivity contribution < 1.29 is 0 Å². The molecule has 2 aromatic heterocycles. The molecule has 0 spiro atoms. The summed E-state index contributed by atoms with van der Waals surface area (Å²) in [5.74, 6) is 0. The van der Waals surface area contributed by atoms with Crippen LogP contribution in [0.5, 0.6) is 0 Å². The zero-order valence-corrected chi connectivity index (χ0v) is 9.31. The number of aromatic amines is 1. The second-order valence-electron chi connectivity index (χ2n) is 2.96. The molecule has 0 saturated carbocycles. The third kappa shape index (κ3) is 1.73. The number of benzene rings is 1. The normalized spacial score (nSPS) is 10.1. The third-order valence-electron chi connectivity index (χ3n) is 2.03. The molecule has 76 valence electrons. The Morgan fingerprint density at radius 2 is 2.00 bits per heavy atom. The van der Waals surface area contributed by atoms with Crippen LogP contribution in [-0.4, -0.2) is 15.2 Å². The van der Waals surface area contributed by atoms with E-state index in [0.717, 1.165) is 16.2 Å². The first-order valence-electron chi connectivity index (χ1n) is 4.29. The molecule has 0 aliphatic heterocycles. The van der Waals surface area contributed by atoms with E-state index in [4.69, 9.17) is 0 Å². The van der Waals surface area contributed by atoms with Crippen LogP contribution in [0.15, 0.2) is 36.5 Å². The van der Waals surface area contributed by atoms with E-state index < -0.39 is 0 Å². The summed E-state index contributed by atoms with van der Waals surface area (Å²) in [7, 11) is 0. The fourth-order valence-electron chi connectivity index (χ4n) is 1.36. The van der Waals surface area contributed by atoms with Crippen LogP contribution in [0.3, 0.4) is 0 Å². The van der Waals surface area contributed by atoms with Gasteiger partial charge in [-0.15, -0.1) is 23.7 Å². The first-order chi connectivity index (χ1) is 6.93. The van der Waals surface area contributed by atoms with Gasteiger partial charge in [0.15, 0.2) is 0 Å². The Morgan fingerprint density at radius 1 is 1.13 bits per heavy atom. The summed E-state index contributed by atoms with van der Waals surface area (Å²) in [5, 5.41) is 7.81. The van der Waals surface area contributed by atoms with E-state index >= 15 is 0 Å². The zero-order chi connectivity index (χ0) is 9.38. The van der Waals surface area contributed by atoms with E-state index in [1.807, 2.05) is 24.3 Å². The molecule has 3 nitrogen and oxygen atoms in total. The maximum absolute atomic E-state index is 4.50. The molecule has 0 atom stereocenters. The number of hydrogen-bond acceptors (Lipinski definition) is 3. The van der Waals surface area contributed by atoms with Gasteiger partial charge in [0, 0.05) is 6.20 Å². The number of H-pyrrole nitrogens is 1. The van der Waals surface area contributed by atoms with Crippen molar-refractivity contribution in [2.45, 2.75) is 0 Å². The Bertz CT molecular complexity index is 526. The minimum Gasteiger partial charge on any atom is -0.275 e. The molecule has 0 aliphatic carbocycles. The molecule has 5 heteroatoms. The highest BCUT2D eigenvalue weighted by Crippen LogP contribution is 2.28. The number of hydrogen-bond donors (Lipinski definition) is 1. The van der Waals surface area contributed by atoms with Crippen molar-refractivity contribution in [3.8, 4) is 10.7 Å². The van der Waals surface area contributed by atoms with Crippen LogP contribution in [0.1, 0.15) is 0 Å². The van der Waals surface area contributed by atoms with Crippen molar-refractivity contribution >= 4 is 34.0 Å². The highest BCUT2D eigenvalue weighted by Gasteiger charge is 2.05. The molecule has 0 radical (unpaired) electrons. The number of rotatable bonds is 1. The lowest BCUT2D eigenvalue weighted by atomic mass is 10.3. The Hall–Kier alpha value is -1.39. The third-order valence-corrected chi connectivity index (χ3v) is 3.09. The van der Waals surface area contributed by atoms with Crippen molar-refractivity contribution in [3.63, 3.8) is 0 Å². The molecule has 0 aliphatic rings. The predicted octanol–water partition coefficient (Wildman–Crippen LogP) is 3.11. The van der Waals surface area contributed by atoms with Crippen LogP contribution < -0.4 is 0 Å². The molecule has 0 amide bonds. The van der Waals surface area contributed by atoms with Gasteiger partial charge >= 0.3 is 0 Å². The Kier molecular flexibility index (Phi) is 2.70. The number of fused-ring (bicyclic) bond motifs is 1. The average Bonchev–Trinajstić information content (AvgIpc) is 2.86. The minimum atomic E-state index is 0. The Balaban J connectivity index is 0.000000853. The standard InChI is InChI=1S/C10H7N3S.ClH/c1-2-4-9-7(3-1)12-10(14-9)8-5-6-11-13-8;/h1-6H,(H,11,13);1H. The summed E-state index contributed by atoms with van der Waals surface area (Å²) in [4.78, 5) is 4.50. The molecule has 2 heterocycles. The summed E-state index contributed by atoms with van der Waals surface area (Å²) < 4.78 is 1.21. The fraction of sp³-hybridized carbons (Fsp3) is 0. The average molecular weight is 238 g/mol. The van der Waals surface area contributed by atoms with Crippen LogP contribution in [0.4, 0.5) is 0 Å². The number of nitrogens with one attached hydrogen (secondary N) is 1. The van der Waals surface area contributed by atoms with Crippen molar-refractivity contribution in [2.75, 3.05) is 0 Å². The molecule has 3 rings (SSSR count). The summed E-state index contributed by atoms with van der Waals surface area (Å²) in [6.45, 7) is 0. The number of para-hydroxylation sites is 1. The van der Waals surface area contributed by atoms with Gasteiger partial charge < -0.3 is 0 Å². The first-order valence-corrected chi connectivity index (χ1v) is 5.10. The van der Waals surface area contributed by atoms with Crippen LogP contribution in [0.25, 0.3) is 20.9 Å². The molecule has 0 bridgehead atoms. The maximum Gasteiger partial charge on any atom is 0.142 e. The minimum absolute atomic E-state index is 0. The van der Waals surface area contributed by atoms with Crippen LogP contribution in [0, 0.1) is 0 Å². The Labute approximate surface area is 96.6 Å². The summed E-state index contributed by atoms with van der Waals surface area (Å²) in [5.41, 5.74) is 2.02. The van der Waals surface area contributed by atoms with Gasteiger partial charge in [-0.25, -0.2) is 4.98 Å². The molecule has 0 saturated heterocycles. The first kappa shape index (κ1) is 10.1. The molecule has 1 N–H and O–H groups in total. The second-order valence-corrected chi connectivity index (χ2v) is 3.99. The van der Waals surface area contributed by atoms with E-state index in [9.17, 15) is 0 Å². The molecular formula is C10H8ClN3S. The van der Waals surface area contributed by atoms with E-state index in [1.165, 1.54) is 4.70 Å². The van der Waals surface area contributed by atoms with E-state index in [2.05, 4.69) is 21.2 Å². The monoisotopic (exact) mass is 237 g/mol. The van der Waals surface area contributed by atoms with Gasteiger partial charge in [0.1, 0.15) is 5.01 Å². The smallest absolute Gasteiger partial charge is 0.142 e. The maximum atomic E-state index is 4.50. The molecule has 3 aromatic rings. The van der Waals surface area contributed by atoms with Crippen LogP contribution in [-0.2, 0) is 0 Å². The van der Waals surface area contributed by atoms with Crippen molar-refractivity contribution in [2.24, 2.45) is 0 Å². The van der Waals surface area contributed by atoms with Crippen molar-refractivity contribution in [1.29, 1.82) is 0 Å². The highest BCUT2D eigenvalue weighted by molar-refractivity contribution is 7.21. The van der Waals surface area contributed by atoms with Gasteiger partial charge in [0.05, 0.1) is 15.9 Å². The summed E-state index contributed by atoms with van der Waals surface area (Å²) >= 11 is 1.67. The lowest BCUT2D eigenvalue weighted by Gasteiger charge is -1.84. The molecular weight excluding hydrogens is 230 g/mol. The van der Waals surface area contributed by atoms with Gasteiger partial charge in [-0.05, 0) is 18.2 Å². The second kappa shape index (κ2) is 4.00. The quantitative estimate of drug-likeness (QED) is 0.707. The lowest BCUT2D eigenvalue weighted by molar-refractivity contribution is 1.09. The fourth-order valence-corrected chi connectivity index (χ4v) is 2.30. The number of halogens is 1. The van der Waals surface area contributed by atoms with Gasteiger partial charge in [0.2, 0.25) is 0 Å². The zero-order valence-electron chi connectivity index (χ0n) is 7.68.